The van der Waals surface area contributed by atoms with Crippen LogP contribution in [-0.4, -0.2) is 49.5 Å². The minimum absolute atomic E-state index is 0.122. The SMILES string of the molecule is Cc1ccc(CN(C(=O)CCCN(c2ccc(C)cc2)S(C)(=O)=O)[C@H](C)C(=O)NC(C)(C)C)cc1. The Bertz CT molecular complexity index is 1100. The van der Waals surface area contributed by atoms with Crippen molar-refractivity contribution in [3.8, 4) is 0 Å². The maximum Gasteiger partial charge on any atom is 0.242 e. The predicted octanol–water partition coefficient (Wildman–Crippen LogP) is 4.18. The van der Waals surface area contributed by atoms with Crippen LogP contribution in [0.2, 0.25) is 0 Å². The van der Waals surface area contributed by atoms with E-state index in [1.807, 2.05) is 71.0 Å². The highest BCUT2D eigenvalue weighted by Gasteiger charge is 2.28. The zero-order valence-electron chi connectivity index (χ0n) is 22.0. The van der Waals surface area contributed by atoms with Crippen molar-refractivity contribution < 1.29 is 18.0 Å². The topological polar surface area (TPSA) is 86.8 Å². The second kappa shape index (κ2) is 11.7. The van der Waals surface area contributed by atoms with Crippen molar-refractivity contribution in [2.45, 2.75) is 72.5 Å². The molecule has 1 atom stereocenters. The number of nitrogens with one attached hydrogen (secondary N) is 1. The highest BCUT2D eigenvalue weighted by atomic mass is 32.2. The molecule has 0 aliphatic rings. The molecule has 2 amide bonds. The second-order valence-electron chi connectivity index (χ2n) is 10.2. The normalized spacial score (nSPS) is 12.7. The number of hydrogen-bond acceptors (Lipinski definition) is 4. The van der Waals surface area contributed by atoms with Crippen LogP contribution in [-0.2, 0) is 26.2 Å². The molecule has 0 aliphatic heterocycles. The van der Waals surface area contributed by atoms with E-state index in [4.69, 9.17) is 0 Å². The van der Waals surface area contributed by atoms with Gasteiger partial charge in [0, 0.05) is 25.0 Å². The molecule has 0 radical (unpaired) electrons. The van der Waals surface area contributed by atoms with Gasteiger partial charge in [-0.3, -0.25) is 13.9 Å². The summed E-state index contributed by atoms with van der Waals surface area (Å²) in [4.78, 5) is 27.8. The molecule has 7 nitrogen and oxygen atoms in total. The van der Waals surface area contributed by atoms with Crippen molar-refractivity contribution in [2.75, 3.05) is 17.1 Å². The summed E-state index contributed by atoms with van der Waals surface area (Å²) < 4.78 is 26.1. The molecule has 0 aromatic heterocycles. The molecule has 0 unspecified atom stereocenters. The maximum absolute atomic E-state index is 13.3. The Balaban J connectivity index is 2.17. The number of benzene rings is 2. The molecule has 2 aromatic carbocycles. The van der Waals surface area contributed by atoms with Crippen LogP contribution in [0, 0.1) is 13.8 Å². The lowest BCUT2D eigenvalue weighted by atomic mass is 10.1. The first-order chi connectivity index (χ1) is 16.2. The lowest BCUT2D eigenvalue weighted by Crippen LogP contribution is -2.52. The first kappa shape index (κ1) is 28.4. The Kier molecular flexibility index (Phi) is 9.49. The highest BCUT2D eigenvalue weighted by Crippen LogP contribution is 2.20. The van der Waals surface area contributed by atoms with Crippen molar-refractivity contribution in [1.29, 1.82) is 0 Å². The number of rotatable bonds is 10. The average Bonchev–Trinajstić information content (AvgIpc) is 2.74. The summed E-state index contributed by atoms with van der Waals surface area (Å²) in [5.41, 5.74) is 3.22. The third-order valence-electron chi connectivity index (χ3n) is 5.61. The van der Waals surface area contributed by atoms with E-state index < -0.39 is 21.6 Å². The van der Waals surface area contributed by atoms with E-state index in [2.05, 4.69) is 5.32 Å². The summed E-state index contributed by atoms with van der Waals surface area (Å²) in [5.74, 6) is -0.421. The van der Waals surface area contributed by atoms with Crippen LogP contribution in [0.5, 0.6) is 0 Å². The molecule has 0 heterocycles. The van der Waals surface area contributed by atoms with Gasteiger partial charge < -0.3 is 10.2 Å². The molecule has 0 saturated carbocycles. The fourth-order valence-electron chi connectivity index (χ4n) is 3.66. The van der Waals surface area contributed by atoms with Crippen molar-refractivity contribution in [1.82, 2.24) is 10.2 Å². The summed E-state index contributed by atoms with van der Waals surface area (Å²) in [6.07, 6.45) is 1.62. The van der Waals surface area contributed by atoms with Gasteiger partial charge in [0.15, 0.2) is 0 Å². The van der Waals surface area contributed by atoms with Gasteiger partial charge in [0.05, 0.1) is 11.9 Å². The Morgan fingerprint density at radius 1 is 0.943 bits per heavy atom. The molecule has 0 bridgehead atoms. The van der Waals surface area contributed by atoms with Gasteiger partial charge >= 0.3 is 0 Å². The maximum atomic E-state index is 13.3. The zero-order valence-corrected chi connectivity index (χ0v) is 22.8. The molecular formula is C27H39N3O4S. The van der Waals surface area contributed by atoms with Gasteiger partial charge in [-0.2, -0.15) is 0 Å². The molecular weight excluding hydrogens is 462 g/mol. The predicted molar refractivity (Wildman–Crippen MR) is 142 cm³/mol. The Hall–Kier alpha value is -2.87. The molecule has 192 valence electrons. The number of hydrogen-bond donors (Lipinski definition) is 1. The van der Waals surface area contributed by atoms with Crippen molar-refractivity contribution in [2.24, 2.45) is 0 Å². The molecule has 0 saturated heterocycles. The number of sulfonamides is 1. The van der Waals surface area contributed by atoms with Crippen LogP contribution in [0.15, 0.2) is 48.5 Å². The number of aryl methyl sites for hydroxylation is 2. The van der Waals surface area contributed by atoms with E-state index in [1.54, 1.807) is 24.0 Å². The van der Waals surface area contributed by atoms with Crippen molar-refractivity contribution >= 4 is 27.5 Å². The number of anilines is 1. The molecule has 0 aliphatic carbocycles. The molecule has 1 N–H and O–H groups in total. The zero-order chi connectivity index (χ0) is 26.4. The second-order valence-corrected chi connectivity index (χ2v) is 12.1. The Morgan fingerprint density at radius 2 is 1.46 bits per heavy atom. The average molecular weight is 502 g/mol. The standard InChI is InChI=1S/C27H39N3O4S/c1-20-10-14-23(15-11-20)19-29(22(3)26(32)28-27(4,5)6)25(31)9-8-18-30(35(7,33)34)24-16-12-21(2)13-17-24/h10-17,22H,8-9,18-19H2,1-7H3,(H,28,32)/t22-/m1/s1. The molecule has 35 heavy (non-hydrogen) atoms. The van der Waals surface area contributed by atoms with Gasteiger partial charge in [-0.15, -0.1) is 0 Å². The minimum atomic E-state index is -3.51. The molecule has 2 rings (SSSR count). The van der Waals surface area contributed by atoms with E-state index in [1.165, 1.54) is 4.31 Å². The van der Waals surface area contributed by atoms with Gasteiger partial charge in [-0.05, 0) is 65.7 Å². The van der Waals surface area contributed by atoms with Gasteiger partial charge in [-0.1, -0.05) is 47.5 Å². The molecule has 2 aromatic rings. The van der Waals surface area contributed by atoms with E-state index in [0.29, 0.717) is 18.7 Å². The number of carbonyl (C=O) groups excluding carboxylic acids is 2. The van der Waals surface area contributed by atoms with E-state index >= 15 is 0 Å². The lowest BCUT2D eigenvalue weighted by molar-refractivity contribution is -0.141. The summed E-state index contributed by atoms with van der Waals surface area (Å²) in [6, 6.07) is 14.4. The van der Waals surface area contributed by atoms with Gasteiger partial charge in [0.25, 0.3) is 0 Å². The third-order valence-corrected chi connectivity index (χ3v) is 6.81. The minimum Gasteiger partial charge on any atom is -0.350 e. The Morgan fingerprint density at radius 3 is 1.94 bits per heavy atom. The number of amides is 2. The number of nitrogens with zero attached hydrogens (tertiary/aromatic N) is 2. The number of carbonyl (C=O) groups is 2. The Labute approximate surface area is 210 Å². The van der Waals surface area contributed by atoms with Gasteiger partial charge in [0.1, 0.15) is 6.04 Å². The molecule has 0 fully saturated rings. The lowest BCUT2D eigenvalue weighted by Gasteiger charge is -2.32. The van der Waals surface area contributed by atoms with Crippen LogP contribution in [0.4, 0.5) is 5.69 Å². The van der Waals surface area contributed by atoms with Crippen LogP contribution in [0.1, 0.15) is 57.2 Å². The highest BCUT2D eigenvalue weighted by molar-refractivity contribution is 7.92. The van der Waals surface area contributed by atoms with Crippen LogP contribution < -0.4 is 9.62 Å². The summed E-state index contributed by atoms with van der Waals surface area (Å²) in [7, 11) is -3.51. The quantitative estimate of drug-likeness (QED) is 0.529. The van der Waals surface area contributed by atoms with Gasteiger partial charge in [-0.25, -0.2) is 8.42 Å². The summed E-state index contributed by atoms with van der Waals surface area (Å²) in [5, 5.41) is 2.95. The summed E-state index contributed by atoms with van der Waals surface area (Å²) in [6.45, 7) is 11.8. The smallest absolute Gasteiger partial charge is 0.242 e. The van der Waals surface area contributed by atoms with Crippen LogP contribution in [0.25, 0.3) is 0 Å². The van der Waals surface area contributed by atoms with E-state index in [-0.39, 0.29) is 24.8 Å². The van der Waals surface area contributed by atoms with E-state index in [9.17, 15) is 18.0 Å². The third kappa shape index (κ3) is 9.02. The largest absolute Gasteiger partial charge is 0.350 e. The fraction of sp³-hybridized carbons (Fsp3) is 0.481. The van der Waals surface area contributed by atoms with Crippen LogP contribution in [0.3, 0.4) is 0 Å². The fourth-order valence-corrected chi connectivity index (χ4v) is 4.63. The molecule has 0 spiro atoms. The first-order valence-corrected chi connectivity index (χ1v) is 13.7. The monoisotopic (exact) mass is 501 g/mol. The summed E-state index contributed by atoms with van der Waals surface area (Å²) >= 11 is 0. The van der Waals surface area contributed by atoms with Crippen molar-refractivity contribution in [3.05, 3.63) is 65.2 Å². The first-order valence-electron chi connectivity index (χ1n) is 11.9. The molecule has 8 heteroatoms. The van der Waals surface area contributed by atoms with E-state index in [0.717, 1.165) is 22.9 Å². The van der Waals surface area contributed by atoms with Gasteiger partial charge in [0.2, 0.25) is 21.8 Å². The van der Waals surface area contributed by atoms with Crippen molar-refractivity contribution in [3.63, 3.8) is 0 Å². The van der Waals surface area contributed by atoms with Crippen LogP contribution >= 0.6 is 0 Å².